The molecular weight excluding hydrogens is 268 g/mol. The zero-order valence-corrected chi connectivity index (χ0v) is 11.6. The number of benzene rings is 1. The molecule has 4 N–H and O–H groups in total. The number of nitrogens with one attached hydrogen (secondary N) is 1. The van der Waals surface area contributed by atoms with E-state index in [4.69, 9.17) is 22.4 Å². The lowest BCUT2D eigenvalue weighted by molar-refractivity contribution is -0.120. The molecule has 0 spiro atoms. The van der Waals surface area contributed by atoms with Crippen molar-refractivity contribution in [2.24, 2.45) is 17.6 Å². The van der Waals surface area contributed by atoms with E-state index in [1.54, 1.807) is 0 Å². The second-order valence-corrected chi connectivity index (χ2v) is 4.98. The normalized spacial score (nSPS) is 12.3. The van der Waals surface area contributed by atoms with Crippen LogP contribution in [0.1, 0.15) is 24.2 Å². The van der Waals surface area contributed by atoms with E-state index in [2.05, 4.69) is 5.32 Å². The molecule has 0 fully saturated rings. The number of amides is 1. The molecule has 104 valence electrons. The lowest BCUT2D eigenvalue weighted by Gasteiger charge is -2.18. The van der Waals surface area contributed by atoms with Crippen molar-refractivity contribution < 1.29 is 14.7 Å². The Kier molecular flexibility index (Phi) is 5.32. The monoisotopic (exact) mass is 284 g/mol. The quantitative estimate of drug-likeness (QED) is 0.773. The van der Waals surface area contributed by atoms with Gasteiger partial charge in [-0.05, 0) is 24.1 Å². The Bertz CT molecular complexity index is 489. The molecule has 0 saturated carbocycles. The molecule has 1 aromatic rings. The Morgan fingerprint density at radius 3 is 2.47 bits per heavy atom. The first-order chi connectivity index (χ1) is 8.86. The molecule has 6 heteroatoms. The predicted octanol–water partition coefficient (Wildman–Crippen LogP) is 2.21. The first-order valence-corrected chi connectivity index (χ1v) is 6.28. The Balaban J connectivity index is 2.88. The summed E-state index contributed by atoms with van der Waals surface area (Å²) in [5.41, 5.74) is 6.02. The molecule has 1 rings (SSSR count). The standard InChI is InChI=1S/C13H17ClN2O3/c1-7(2)9(6-15)12(17)16-11-4-3-8(13(18)19)5-10(11)14/h3-5,7,9H,6,15H2,1-2H3,(H,16,17)(H,18,19). The highest BCUT2D eigenvalue weighted by atomic mass is 35.5. The predicted molar refractivity (Wildman–Crippen MR) is 74.4 cm³/mol. The summed E-state index contributed by atoms with van der Waals surface area (Å²) in [7, 11) is 0. The molecule has 0 aliphatic carbocycles. The van der Waals surface area contributed by atoms with Gasteiger partial charge in [0.15, 0.2) is 0 Å². The largest absolute Gasteiger partial charge is 0.478 e. The molecule has 0 aromatic heterocycles. The molecule has 0 saturated heterocycles. The van der Waals surface area contributed by atoms with Gasteiger partial charge >= 0.3 is 5.97 Å². The van der Waals surface area contributed by atoms with Crippen molar-refractivity contribution in [1.82, 2.24) is 0 Å². The van der Waals surface area contributed by atoms with Crippen molar-refractivity contribution in [2.75, 3.05) is 11.9 Å². The number of rotatable bonds is 5. The number of halogens is 1. The fourth-order valence-electron chi connectivity index (χ4n) is 1.66. The van der Waals surface area contributed by atoms with Gasteiger partial charge in [-0.2, -0.15) is 0 Å². The zero-order chi connectivity index (χ0) is 14.6. The fourth-order valence-corrected chi connectivity index (χ4v) is 1.88. The summed E-state index contributed by atoms with van der Waals surface area (Å²) in [6.45, 7) is 4.06. The highest BCUT2D eigenvalue weighted by Gasteiger charge is 2.21. The van der Waals surface area contributed by atoms with E-state index in [1.165, 1.54) is 18.2 Å². The van der Waals surface area contributed by atoms with Crippen LogP contribution in [0.15, 0.2) is 18.2 Å². The van der Waals surface area contributed by atoms with Gasteiger partial charge in [0.25, 0.3) is 0 Å². The van der Waals surface area contributed by atoms with Crippen LogP contribution in [0, 0.1) is 11.8 Å². The van der Waals surface area contributed by atoms with Crippen LogP contribution in [0.4, 0.5) is 5.69 Å². The first-order valence-electron chi connectivity index (χ1n) is 5.90. The Labute approximate surface area is 116 Å². The number of carbonyl (C=O) groups is 2. The van der Waals surface area contributed by atoms with Gasteiger partial charge in [0.1, 0.15) is 0 Å². The van der Waals surface area contributed by atoms with Gasteiger partial charge in [0.2, 0.25) is 5.91 Å². The third-order valence-electron chi connectivity index (χ3n) is 2.87. The number of hydrogen-bond donors (Lipinski definition) is 3. The number of carboxylic acids is 1. The van der Waals surface area contributed by atoms with Crippen LogP contribution in [0.3, 0.4) is 0 Å². The average Bonchev–Trinajstić information content (AvgIpc) is 2.31. The van der Waals surface area contributed by atoms with Crippen LogP contribution in [0.5, 0.6) is 0 Å². The molecular formula is C13H17ClN2O3. The van der Waals surface area contributed by atoms with E-state index >= 15 is 0 Å². The van der Waals surface area contributed by atoms with Crippen LogP contribution in [0.25, 0.3) is 0 Å². The van der Waals surface area contributed by atoms with E-state index in [-0.39, 0.29) is 34.9 Å². The minimum Gasteiger partial charge on any atom is -0.478 e. The molecule has 1 amide bonds. The molecule has 0 bridgehead atoms. The summed E-state index contributed by atoms with van der Waals surface area (Å²) in [4.78, 5) is 22.8. The first kappa shape index (κ1) is 15.5. The molecule has 0 heterocycles. The van der Waals surface area contributed by atoms with Crippen LogP contribution < -0.4 is 11.1 Å². The van der Waals surface area contributed by atoms with E-state index in [0.717, 1.165) is 0 Å². The van der Waals surface area contributed by atoms with E-state index in [1.807, 2.05) is 13.8 Å². The van der Waals surface area contributed by atoms with Gasteiger partial charge in [0.05, 0.1) is 22.2 Å². The molecule has 1 aromatic carbocycles. The third kappa shape index (κ3) is 3.94. The van der Waals surface area contributed by atoms with Crippen LogP contribution in [-0.4, -0.2) is 23.5 Å². The Hall–Kier alpha value is -1.59. The van der Waals surface area contributed by atoms with Crippen LogP contribution >= 0.6 is 11.6 Å². The minimum atomic E-state index is -1.07. The van der Waals surface area contributed by atoms with Gasteiger partial charge in [-0.15, -0.1) is 0 Å². The fraction of sp³-hybridized carbons (Fsp3) is 0.385. The van der Waals surface area contributed by atoms with Crippen molar-refractivity contribution in [3.05, 3.63) is 28.8 Å². The van der Waals surface area contributed by atoms with Gasteiger partial charge in [-0.1, -0.05) is 25.4 Å². The topological polar surface area (TPSA) is 92.4 Å². The molecule has 0 aliphatic heterocycles. The summed E-state index contributed by atoms with van der Waals surface area (Å²) in [5, 5.41) is 11.7. The maximum absolute atomic E-state index is 12.0. The maximum Gasteiger partial charge on any atom is 0.335 e. The van der Waals surface area contributed by atoms with Crippen molar-refractivity contribution in [1.29, 1.82) is 0 Å². The third-order valence-corrected chi connectivity index (χ3v) is 3.18. The summed E-state index contributed by atoms with van der Waals surface area (Å²) in [6.07, 6.45) is 0. The Morgan fingerprint density at radius 2 is 2.05 bits per heavy atom. The van der Waals surface area contributed by atoms with Gasteiger partial charge in [0, 0.05) is 6.54 Å². The number of carboxylic acid groups (broad SMARTS) is 1. The summed E-state index contributed by atoms with van der Waals surface area (Å²) in [5.74, 6) is -1.48. The second kappa shape index (κ2) is 6.54. The van der Waals surface area contributed by atoms with Gasteiger partial charge in [-0.25, -0.2) is 4.79 Å². The van der Waals surface area contributed by atoms with Crippen LogP contribution in [0.2, 0.25) is 5.02 Å². The van der Waals surface area contributed by atoms with E-state index in [0.29, 0.717) is 5.69 Å². The number of nitrogens with two attached hydrogens (primary N) is 1. The lowest BCUT2D eigenvalue weighted by Crippen LogP contribution is -2.33. The van der Waals surface area contributed by atoms with E-state index < -0.39 is 5.97 Å². The second-order valence-electron chi connectivity index (χ2n) is 4.58. The molecule has 0 radical (unpaired) electrons. The highest BCUT2D eigenvalue weighted by Crippen LogP contribution is 2.24. The summed E-state index contributed by atoms with van der Waals surface area (Å²) >= 11 is 5.94. The van der Waals surface area contributed by atoms with Crippen LogP contribution in [-0.2, 0) is 4.79 Å². The number of hydrogen-bond acceptors (Lipinski definition) is 3. The molecule has 5 nitrogen and oxygen atoms in total. The highest BCUT2D eigenvalue weighted by molar-refractivity contribution is 6.34. The number of anilines is 1. The molecule has 1 unspecified atom stereocenters. The maximum atomic E-state index is 12.0. The minimum absolute atomic E-state index is 0.0715. The zero-order valence-electron chi connectivity index (χ0n) is 10.8. The van der Waals surface area contributed by atoms with E-state index in [9.17, 15) is 9.59 Å². The van der Waals surface area contributed by atoms with Crippen molar-refractivity contribution >= 4 is 29.2 Å². The summed E-state index contributed by atoms with van der Waals surface area (Å²) in [6, 6.07) is 4.15. The Morgan fingerprint density at radius 1 is 1.42 bits per heavy atom. The van der Waals surface area contributed by atoms with Gasteiger partial charge < -0.3 is 16.2 Å². The average molecular weight is 285 g/mol. The lowest BCUT2D eigenvalue weighted by atomic mass is 9.95. The summed E-state index contributed by atoms with van der Waals surface area (Å²) < 4.78 is 0. The van der Waals surface area contributed by atoms with Crippen molar-refractivity contribution in [3.8, 4) is 0 Å². The number of carbonyl (C=O) groups excluding carboxylic acids is 1. The van der Waals surface area contributed by atoms with Crippen molar-refractivity contribution in [3.63, 3.8) is 0 Å². The van der Waals surface area contributed by atoms with Crippen molar-refractivity contribution in [2.45, 2.75) is 13.8 Å². The number of aromatic carboxylic acids is 1. The SMILES string of the molecule is CC(C)C(CN)C(=O)Nc1ccc(C(=O)O)cc1Cl. The van der Waals surface area contributed by atoms with Gasteiger partial charge in [-0.3, -0.25) is 4.79 Å². The smallest absolute Gasteiger partial charge is 0.335 e. The molecule has 0 aliphatic rings. The molecule has 1 atom stereocenters. The molecule has 19 heavy (non-hydrogen) atoms.